The third kappa shape index (κ3) is 3.95. The maximum atomic E-state index is 14.4. The zero-order valence-corrected chi connectivity index (χ0v) is 16.3. The van der Waals surface area contributed by atoms with Crippen molar-refractivity contribution in [2.75, 3.05) is 32.7 Å². The predicted molar refractivity (Wildman–Crippen MR) is 111 cm³/mol. The van der Waals surface area contributed by atoms with Crippen LogP contribution >= 0.6 is 0 Å². The van der Waals surface area contributed by atoms with Crippen LogP contribution in [0, 0.1) is 5.82 Å². The lowest BCUT2D eigenvalue weighted by atomic mass is 10.1. The van der Waals surface area contributed by atoms with Gasteiger partial charge in [0.1, 0.15) is 11.6 Å². The molecule has 1 N–H and O–H groups in total. The first-order valence-corrected chi connectivity index (χ1v) is 9.64. The van der Waals surface area contributed by atoms with Crippen LogP contribution in [0.1, 0.15) is 10.4 Å². The number of halogens is 1. The van der Waals surface area contributed by atoms with E-state index >= 15 is 0 Å². The molecule has 0 unspecified atom stereocenters. The molecular formula is C22H21FN4O3. The van der Waals surface area contributed by atoms with Gasteiger partial charge in [0.05, 0.1) is 16.3 Å². The molecule has 0 aliphatic carbocycles. The van der Waals surface area contributed by atoms with E-state index in [4.69, 9.17) is 4.74 Å². The van der Waals surface area contributed by atoms with Crippen LogP contribution in [-0.2, 0) is 0 Å². The number of nitrogens with one attached hydrogen (secondary N) is 1. The number of aromatic nitrogens is 2. The number of carbonyl (C=O) groups excluding carboxylic acids is 1. The number of piperazine rings is 1. The van der Waals surface area contributed by atoms with E-state index in [1.807, 2.05) is 6.08 Å². The Hall–Kier alpha value is -3.52. The SMILES string of the molecule is C=CCN1CCN(C(=O)c2cc(Oc3n[nH]c(=O)c4ccccc34)ccc2F)CC1. The number of H-pyrrole nitrogens is 1. The Labute approximate surface area is 172 Å². The normalized spacial score (nSPS) is 14.6. The lowest BCUT2D eigenvalue weighted by molar-refractivity contribution is 0.0645. The monoisotopic (exact) mass is 408 g/mol. The van der Waals surface area contributed by atoms with Gasteiger partial charge in [0.2, 0.25) is 5.88 Å². The number of nitrogens with zero attached hydrogens (tertiary/aromatic N) is 3. The molecule has 0 atom stereocenters. The minimum Gasteiger partial charge on any atom is -0.437 e. The summed E-state index contributed by atoms with van der Waals surface area (Å²) in [4.78, 5) is 28.6. The van der Waals surface area contributed by atoms with Gasteiger partial charge in [-0.25, -0.2) is 9.49 Å². The van der Waals surface area contributed by atoms with E-state index in [2.05, 4.69) is 21.7 Å². The van der Waals surface area contributed by atoms with Gasteiger partial charge in [0.15, 0.2) is 0 Å². The molecule has 1 fully saturated rings. The highest BCUT2D eigenvalue weighted by Gasteiger charge is 2.24. The van der Waals surface area contributed by atoms with Crippen molar-refractivity contribution in [3.05, 3.63) is 76.9 Å². The second-order valence-corrected chi connectivity index (χ2v) is 7.03. The summed E-state index contributed by atoms with van der Waals surface area (Å²) < 4.78 is 20.2. The summed E-state index contributed by atoms with van der Waals surface area (Å²) in [6, 6.07) is 10.9. The first-order chi connectivity index (χ1) is 14.6. The molecule has 3 aromatic rings. The summed E-state index contributed by atoms with van der Waals surface area (Å²) in [6.07, 6.45) is 1.83. The molecule has 154 valence electrons. The largest absolute Gasteiger partial charge is 0.437 e. The van der Waals surface area contributed by atoms with E-state index in [1.165, 1.54) is 18.2 Å². The van der Waals surface area contributed by atoms with Gasteiger partial charge in [-0.2, -0.15) is 0 Å². The van der Waals surface area contributed by atoms with Crippen LogP contribution in [0.4, 0.5) is 4.39 Å². The molecule has 2 heterocycles. The number of ether oxygens (including phenoxy) is 1. The number of hydrogen-bond donors (Lipinski definition) is 1. The molecule has 1 saturated heterocycles. The maximum Gasteiger partial charge on any atom is 0.272 e. The highest BCUT2D eigenvalue weighted by molar-refractivity contribution is 5.95. The van der Waals surface area contributed by atoms with Gasteiger partial charge in [0.25, 0.3) is 11.5 Å². The van der Waals surface area contributed by atoms with E-state index < -0.39 is 5.82 Å². The van der Waals surface area contributed by atoms with Crippen molar-refractivity contribution in [1.82, 2.24) is 20.0 Å². The number of amides is 1. The Morgan fingerprint density at radius 2 is 1.90 bits per heavy atom. The summed E-state index contributed by atoms with van der Waals surface area (Å²) in [6.45, 7) is 6.95. The highest BCUT2D eigenvalue weighted by atomic mass is 19.1. The number of carbonyl (C=O) groups is 1. The smallest absolute Gasteiger partial charge is 0.272 e. The van der Waals surface area contributed by atoms with Crippen molar-refractivity contribution in [2.24, 2.45) is 0 Å². The minimum absolute atomic E-state index is 0.0570. The summed E-state index contributed by atoms with van der Waals surface area (Å²) in [5.74, 6) is -0.557. The molecule has 8 heteroatoms. The van der Waals surface area contributed by atoms with Crippen LogP contribution in [0.25, 0.3) is 10.8 Å². The quantitative estimate of drug-likeness (QED) is 0.657. The molecular weight excluding hydrogens is 387 g/mol. The van der Waals surface area contributed by atoms with Crippen molar-refractivity contribution < 1.29 is 13.9 Å². The third-order valence-corrected chi connectivity index (χ3v) is 5.09. The van der Waals surface area contributed by atoms with Gasteiger partial charge >= 0.3 is 0 Å². The van der Waals surface area contributed by atoms with E-state index in [0.717, 1.165) is 6.54 Å². The fourth-order valence-electron chi connectivity index (χ4n) is 3.50. The van der Waals surface area contributed by atoms with Crippen molar-refractivity contribution in [3.63, 3.8) is 0 Å². The molecule has 1 aliphatic heterocycles. The zero-order valence-electron chi connectivity index (χ0n) is 16.3. The van der Waals surface area contributed by atoms with Crippen LogP contribution < -0.4 is 10.3 Å². The Balaban J connectivity index is 1.57. The third-order valence-electron chi connectivity index (χ3n) is 5.09. The van der Waals surface area contributed by atoms with Gasteiger partial charge in [-0.15, -0.1) is 11.7 Å². The van der Waals surface area contributed by atoms with Gasteiger partial charge < -0.3 is 9.64 Å². The topological polar surface area (TPSA) is 78.5 Å². The number of aromatic amines is 1. The van der Waals surface area contributed by atoms with Gasteiger partial charge in [-0.1, -0.05) is 18.2 Å². The lowest BCUT2D eigenvalue weighted by Crippen LogP contribution is -2.48. The fraction of sp³-hybridized carbons (Fsp3) is 0.227. The van der Waals surface area contributed by atoms with Crippen molar-refractivity contribution in [3.8, 4) is 11.6 Å². The Morgan fingerprint density at radius 1 is 1.17 bits per heavy atom. The Kier molecular flexibility index (Phi) is 5.58. The predicted octanol–water partition coefficient (Wildman–Crippen LogP) is 2.80. The van der Waals surface area contributed by atoms with E-state index in [0.29, 0.717) is 37.0 Å². The van der Waals surface area contributed by atoms with Crippen LogP contribution in [0.15, 0.2) is 59.9 Å². The molecule has 7 nitrogen and oxygen atoms in total. The van der Waals surface area contributed by atoms with Crippen LogP contribution in [0.3, 0.4) is 0 Å². The van der Waals surface area contributed by atoms with Crippen LogP contribution in [0.5, 0.6) is 11.6 Å². The van der Waals surface area contributed by atoms with Gasteiger partial charge in [-0.05, 0) is 30.3 Å². The summed E-state index contributed by atoms with van der Waals surface area (Å²) in [5, 5.41) is 7.29. The molecule has 0 bridgehead atoms. The van der Waals surface area contributed by atoms with Crippen LogP contribution in [-0.4, -0.2) is 58.6 Å². The summed E-state index contributed by atoms with van der Waals surface area (Å²) >= 11 is 0. The zero-order chi connectivity index (χ0) is 21.1. The van der Waals surface area contributed by atoms with Crippen molar-refractivity contribution in [1.29, 1.82) is 0 Å². The van der Waals surface area contributed by atoms with Crippen molar-refractivity contribution in [2.45, 2.75) is 0 Å². The van der Waals surface area contributed by atoms with Crippen LogP contribution in [0.2, 0.25) is 0 Å². The van der Waals surface area contributed by atoms with E-state index in [-0.39, 0.29) is 28.7 Å². The van der Waals surface area contributed by atoms with E-state index in [9.17, 15) is 14.0 Å². The molecule has 1 aliphatic rings. The summed E-state index contributed by atoms with van der Waals surface area (Å²) in [7, 11) is 0. The fourth-order valence-corrected chi connectivity index (χ4v) is 3.50. The van der Waals surface area contributed by atoms with Gasteiger partial charge in [-0.3, -0.25) is 14.5 Å². The molecule has 0 spiro atoms. The Morgan fingerprint density at radius 3 is 2.63 bits per heavy atom. The molecule has 1 aromatic heterocycles. The number of rotatable bonds is 5. The summed E-state index contributed by atoms with van der Waals surface area (Å²) in [5.41, 5.74) is -0.387. The highest BCUT2D eigenvalue weighted by Crippen LogP contribution is 2.27. The molecule has 0 saturated carbocycles. The second-order valence-electron chi connectivity index (χ2n) is 7.03. The molecule has 0 radical (unpaired) electrons. The average molecular weight is 408 g/mol. The van der Waals surface area contributed by atoms with E-state index in [1.54, 1.807) is 29.2 Å². The van der Waals surface area contributed by atoms with Gasteiger partial charge in [0, 0.05) is 32.7 Å². The second kappa shape index (κ2) is 8.46. The standard InChI is InChI=1S/C22H21FN4O3/c1-2-9-26-10-12-27(13-11-26)22(29)18-14-15(7-8-19(18)23)30-21-17-6-4-3-5-16(17)20(28)24-25-21/h2-8,14H,1,9-13H2,(H,24,28). The molecule has 2 aromatic carbocycles. The number of benzene rings is 2. The molecule has 1 amide bonds. The number of hydrogen-bond acceptors (Lipinski definition) is 5. The van der Waals surface area contributed by atoms with Crippen molar-refractivity contribution >= 4 is 16.7 Å². The minimum atomic E-state index is -0.611. The number of fused-ring (bicyclic) bond motifs is 1. The lowest BCUT2D eigenvalue weighted by Gasteiger charge is -2.34. The first kappa shape index (κ1) is 19.8. The maximum absolute atomic E-state index is 14.4. The Bertz CT molecular complexity index is 1150. The first-order valence-electron chi connectivity index (χ1n) is 9.64. The molecule has 30 heavy (non-hydrogen) atoms. The molecule has 4 rings (SSSR count). The average Bonchev–Trinajstić information content (AvgIpc) is 2.77.